The minimum atomic E-state index is 0.630. The lowest BCUT2D eigenvalue weighted by molar-refractivity contribution is 0.414. The number of hydrogen-bond donors (Lipinski definition) is 3. The van der Waals surface area contributed by atoms with Gasteiger partial charge in [0, 0.05) is 36.4 Å². The van der Waals surface area contributed by atoms with Crippen molar-refractivity contribution >= 4 is 22.7 Å². The summed E-state index contributed by atoms with van der Waals surface area (Å²) in [6.45, 7) is 1.56. The van der Waals surface area contributed by atoms with Gasteiger partial charge in [-0.2, -0.15) is 4.98 Å². The van der Waals surface area contributed by atoms with E-state index in [-0.39, 0.29) is 0 Å². The number of rotatable bonds is 9. The molecule has 6 nitrogen and oxygen atoms in total. The van der Waals surface area contributed by atoms with Crippen LogP contribution >= 0.6 is 0 Å². The summed E-state index contributed by atoms with van der Waals surface area (Å²) in [5.41, 5.74) is 3.69. The van der Waals surface area contributed by atoms with Crippen LogP contribution in [0.5, 0.6) is 5.75 Å². The van der Waals surface area contributed by atoms with Crippen molar-refractivity contribution in [2.45, 2.75) is 12.8 Å². The Morgan fingerprint density at radius 2 is 1.86 bits per heavy atom. The molecule has 0 aliphatic heterocycles. The fourth-order valence-corrected chi connectivity index (χ4v) is 3.35. The summed E-state index contributed by atoms with van der Waals surface area (Å²) in [6, 6.07) is 18.3. The maximum absolute atomic E-state index is 5.27. The third-order valence-corrected chi connectivity index (χ3v) is 4.86. The van der Waals surface area contributed by atoms with Crippen LogP contribution in [0, 0.1) is 0 Å². The number of ether oxygens (including phenoxy) is 1. The highest BCUT2D eigenvalue weighted by Crippen LogP contribution is 2.18. The minimum Gasteiger partial charge on any atom is -0.497 e. The molecule has 0 amide bonds. The van der Waals surface area contributed by atoms with E-state index in [4.69, 9.17) is 4.74 Å². The predicted octanol–water partition coefficient (Wildman–Crippen LogP) is 4.28. The molecule has 0 radical (unpaired) electrons. The second-order valence-electron chi connectivity index (χ2n) is 6.83. The van der Waals surface area contributed by atoms with Gasteiger partial charge in [-0.05, 0) is 48.2 Å². The molecule has 0 saturated carbocycles. The number of para-hydroxylation sites is 1. The summed E-state index contributed by atoms with van der Waals surface area (Å²) in [5.74, 6) is 2.33. The number of aromatic amines is 1. The summed E-state index contributed by atoms with van der Waals surface area (Å²) in [4.78, 5) is 12.2. The van der Waals surface area contributed by atoms with Crippen LogP contribution in [-0.2, 0) is 12.8 Å². The SMILES string of the molecule is COc1cccc(CCNc2nccc(NCCc3c[nH]c4ccccc34)n2)c1. The molecular formula is C23H25N5O. The Labute approximate surface area is 170 Å². The van der Waals surface area contributed by atoms with Gasteiger partial charge in [-0.25, -0.2) is 4.98 Å². The van der Waals surface area contributed by atoms with E-state index in [0.29, 0.717) is 5.95 Å². The number of anilines is 2. The van der Waals surface area contributed by atoms with Gasteiger partial charge in [-0.1, -0.05) is 30.3 Å². The number of H-pyrrole nitrogens is 1. The fraction of sp³-hybridized carbons (Fsp3) is 0.217. The zero-order chi connectivity index (χ0) is 19.9. The fourth-order valence-electron chi connectivity index (χ4n) is 3.35. The van der Waals surface area contributed by atoms with Crippen molar-refractivity contribution in [3.05, 3.63) is 78.1 Å². The zero-order valence-electron chi connectivity index (χ0n) is 16.5. The van der Waals surface area contributed by atoms with E-state index in [9.17, 15) is 0 Å². The molecule has 0 bridgehead atoms. The molecule has 2 heterocycles. The normalized spacial score (nSPS) is 10.8. The van der Waals surface area contributed by atoms with Crippen LogP contribution in [-0.4, -0.2) is 35.2 Å². The van der Waals surface area contributed by atoms with E-state index < -0.39 is 0 Å². The monoisotopic (exact) mass is 387 g/mol. The highest BCUT2D eigenvalue weighted by atomic mass is 16.5. The van der Waals surface area contributed by atoms with E-state index in [1.165, 1.54) is 22.0 Å². The molecule has 0 spiro atoms. The quantitative estimate of drug-likeness (QED) is 0.400. The molecular weight excluding hydrogens is 362 g/mol. The number of hydrogen-bond acceptors (Lipinski definition) is 5. The first-order valence-corrected chi connectivity index (χ1v) is 9.80. The molecule has 4 rings (SSSR count). The van der Waals surface area contributed by atoms with Gasteiger partial charge in [-0.3, -0.25) is 0 Å². The first kappa shape index (κ1) is 18.8. The third-order valence-electron chi connectivity index (χ3n) is 4.86. The highest BCUT2D eigenvalue weighted by Gasteiger charge is 2.04. The van der Waals surface area contributed by atoms with E-state index in [1.807, 2.05) is 30.3 Å². The van der Waals surface area contributed by atoms with Gasteiger partial charge in [0.15, 0.2) is 0 Å². The first-order valence-electron chi connectivity index (χ1n) is 9.80. The minimum absolute atomic E-state index is 0.630. The molecule has 0 aliphatic carbocycles. The Kier molecular flexibility index (Phi) is 5.90. The van der Waals surface area contributed by atoms with Crippen molar-refractivity contribution in [2.75, 3.05) is 30.8 Å². The van der Waals surface area contributed by atoms with Gasteiger partial charge in [0.1, 0.15) is 11.6 Å². The van der Waals surface area contributed by atoms with Crippen LogP contribution in [0.3, 0.4) is 0 Å². The third kappa shape index (κ3) is 4.85. The topological polar surface area (TPSA) is 74.9 Å². The molecule has 0 aliphatic rings. The van der Waals surface area contributed by atoms with E-state index in [1.54, 1.807) is 13.3 Å². The van der Waals surface area contributed by atoms with Gasteiger partial charge < -0.3 is 20.4 Å². The summed E-state index contributed by atoms with van der Waals surface area (Å²) in [7, 11) is 1.68. The summed E-state index contributed by atoms with van der Waals surface area (Å²) < 4.78 is 5.27. The summed E-state index contributed by atoms with van der Waals surface area (Å²) >= 11 is 0. The van der Waals surface area contributed by atoms with Crippen molar-refractivity contribution in [1.82, 2.24) is 15.0 Å². The predicted molar refractivity (Wildman–Crippen MR) is 118 cm³/mol. The largest absolute Gasteiger partial charge is 0.497 e. The Bertz CT molecular complexity index is 1080. The second kappa shape index (κ2) is 9.10. The van der Waals surface area contributed by atoms with Crippen LogP contribution in [0.2, 0.25) is 0 Å². The molecule has 2 aromatic carbocycles. The molecule has 0 saturated heterocycles. The lowest BCUT2D eigenvalue weighted by Crippen LogP contribution is -2.11. The average molecular weight is 387 g/mol. The van der Waals surface area contributed by atoms with Gasteiger partial charge in [0.2, 0.25) is 5.95 Å². The van der Waals surface area contributed by atoms with Crippen molar-refractivity contribution in [3.8, 4) is 5.75 Å². The average Bonchev–Trinajstić information content (AvgIpc) is 3.17. The van der Waals surface area contributed by atoms with Crippen LogP contribution in [0.25, 0.3) is 10.9 Å². The van der Waals surface area contributed by atoms with Gasteiger partial charge >= 0.3 is 0 Å². The maximum Gasteiger partial charge on any atom is 0.224 e. The number of methoxy groups -OCH3 is 1. The smallest absolute Gasteiger partial charge is 0.224 e. The molecule has 148 valence electrons. The van der Waals surface area contributed by atoms with E-state index in [2.05, 4.69) is 56.0 Å². The number of aromatic nitrogens is 3. The highest BCUT2D eigenvalue weighted by molar-refractivity contribution is 5.83. The molecule has 4 aromatic rings. The Balaban J connectivity index is 1.28. The maximum atomic E-state index is 5.27. The Morgan fingerprint density at radius 3 is 2.79 bits per heavy atom. The molecule has 0 fully saturated rings. The standard InChI is InChI=1S/C23H25N5O/c1-29-19-6-4-5-17(15-19)9-12-25-23-26-14-11-22(28-23)24-13-10-18-16-27-21-8-3-2-7-20(18)21/h2-8,11,14-16,27H,9-10,12-13H2,1H3,(H2,24,25,26,28). The van der Waals surface area contributed by atoms with Crippen molar-refractivity contribution in [3.63, 3.8) is 0 Å². The lowest BCUT2D eigenvalue weighted by Gasteiger charge is -2.09. The number of nitrogens with zero attached hydrogens (tertiary/aromatic N) is 2. The first-order chi connectivity index (χ1) is 14.3. The Hall–Kier alpha value is -3.54. The molecule has 3 N–H and O–H groups in total. The van der Waals surface area contributed by atoms with Crippen LogP contribution in [0.15, 0.2) is 67.0 Å². The molecule has 29 heavy (non-hydrogen) atoms. The molecule has 0 unspecified atom stereocenters. The van der Waals surface area contributed by atoms with Crippen LogP contribution in [0.4, 0.5) is 11.8 Å². The molecule has 0 atom stereocenters. The Morgan fingerprint density at radius 1 is 0.966 bits per heavy atom. The number of nitrogens with one attached hydrogen (secondary N) is 3. The van der Waals surface area contributed by atoms with Crippen molar-refractivity contribution in [2.24, 2.45) is 0 Å². The van der Waals surface area contributed by atoms with Gasteiger partial charge in [-0.15, -0.1) is 0 Å². The lowest BCUT2D eigenvalue weighted by atomic mass is 10.1. The van der Waals surface area contributed by atoms with Crippen LogP contribution < -0.4 is 15.4 Å². The second-order valence-corrected chi connectivity index (χ2v) is 6.83. The van der Waals surface area contributed by atoms with Gasteiger partial charge in [0.05, 0.1) is 7.11 Å². The molecule has 2 aromatic heterocycles. The number of fused-ring (bicyclic) bond motifs is 1. The van der Waals surface area contributed by atoms with Crippen molar-refractivity contribution in [1.29, 1.82) is 0 Å². The zero-order valence-corrected chi connectivity index (χ0v) is 16.5. The van der Waals surface area contributed by atoms with Crippen molar-refractivity contribution < 1.29 is 4.74 Å². The van der Waals surface area contributed by atoms with Gasteiger partial charge in [0.25, 0.3) is 0 Å². The summed E-state index contributed by atoms with van der Waals surface area (Å²) in [6.07, 6.45) is 5.65. The van der Waals surface area contributed by atoms with Crippen LogP contribution in [0.1, 0.15) is 11.1 Å². The molecule has 6 heteroatoms. The number of benzene rings is 2. The summed E-state index contributed by atoms with van der Waals surface area (Å²) in [5, 5.41) is 7.96. The van der Waals surface area contributed by atoms with E-state index >= 15 is 0 Å². The van der Waals surface area contributed by atoms with E-state index in [0.717, 1.165) is 37.5 Å².